The lowest BCUT2D eigenvalue weighted by Crippen LogP contribution is -2.23. The van der Waals surface area contributed by atoms with Crippen LogP contribution in [0.3, 0.4) is 0 Å². The van der Waals surface area contributed by atoms with E-state index in [0.29, 0.717) is 6.04 Å². The first-order chi connectivity index (χ1) is 6.75. The Morgan fingerprint density at radius 1 is 1.64 bits per heavy atom. The van der Waals surface area contributed by atoms with Gasteiger partial charge in [-0.25, -0.2) is 4.98 Å². The summed E-state index contributed by atoms with van der Waals surface area (Å²) in [5, 5.41) is 4.62. The molecule has 0 radical (unpaired) electrons. The molecule has 2 rings (SSSR count). The van der Waals surface area contributed by atoms with Gasteiger partial charge in [0.05, 0.1) is 0 Å². The normalized spacial score (nSPS) is 21.4. The van der Waals surface area contributed by atoms with Gasteiger partial charge in [-0.15, -0.1) is 11.3 Å². The molecule has 0 bridgehead atoms. The largest absolute Gasteiger partial charge is 0.354 e. The highest BCUT2D eigenvalue weighted by Crippen LogP contribution is 2.23. The fraction of sp³-hybridized carbons (Fsp3) is 0.700. The van der Waals surface area contributed by atoms with E-state index in [1.165, 1.54) is 24.3 Å². The van der Waals surface area contributed by atoms with Crippen LogP contribution in [0.2, 0.25) is 0 Å². The third kappa shape index (κ3) is 2.25. The maximum Gasteiger partial charge on any atom is 0.184 e. The van der Waals surface area contributed by atoms with E-state index in [2.05, 4.69) is 15.2 Å². The highest BCUT2D eigenvalue weighted by molar-refractivity contribution is 7.15. The highest BCUT2D eigenvalue weighted by Gasteiger charge is 2.15. The molecule has 1 fully saturated rings. The topological polar surface area (TPSA) is 28.2 Å². The Morgan fingerprint density at radius 2 is 2.50 bits per heavy atom. The summed E-state index contributed by atoms with van der Waals surface area (Å²) in [6.07, 6.45) is 5.80. The molecule has 1 unspecified atom stereocenters. The standard InChI is InChI=1S/C10H17N3S/c1-13(2)10-12-7-9(14-10)6-8-4-3-5-11-8/h7-8,11H,3-6H2,1-2H3. The fourth-order valence-electron chi connectivity index (χ4n) is 1.77. The Hall–Kier alpha value is -0.610. The smallest absolute Gasteiger partial charge is 0.184 e. The lowest BCUT2D eigenvalue weighted by atomic mass is 10.1. The summed E-state index contributed by atoms with van der Waals surface area (Å²) >= 11 is 1.80. The molecule has 1 aliphatic heterocycles. The lowest BCUT2D eigenvalue weighted by molar-refractivity contribution is 0.607. The Kier molecular flexibility index (Phi) is 3.03. The Bertz CT molecular complexity index is 289. The van der Waals surface area contributed by atoms with Crippen molar-refractivity contribution in [3.05, 3.63) is 11.1 Å². The van der Waals surface area contributed by atoms with Crippen LogP contribution in [-0.4, -0.2) is 31.7 Å². The van der Waals surface area contributed by atoms with E-state index in [4.69, 9.17) is 0 Å². The maximum atomic E-state index is 4.37. The molecule has 1 aromatic rings. The van der Waals surface area contributed by atoms with E-state index < -0.39 is 0 Å². The number of aromatic nitrogens is 1. The van der Waals surface area contributed by atoms with Gasteiger partial charge in [0.15, 0.2) is 5.13 Å². The second kappa shape index (κ2) is 4.28. The van der Waals surface area contributed by atoms with E-state index in [1.807, 2.05) is 20.3 Å². The first-order valence-electron chi connectivity index (χ1n) is 5.11. The monoisotopic (exact) mass is 211 g/mol. The number of nitrogens with one attached hydrogen (secondary N) is 1. The molecular weight excluding hydrogens is 194 g/mol. The predicted molar refractivity (Wildman–Crippen MR) is 61.2 cm³/mol. The summed E-state index contributed by atoms with van der Waals surface area (Å²) in [6, 6.07) is 0.686. The van der Waals surface area contributed by atoms with Gasteiger partial charge < -0.3 is 10.2 Å². The van der Waals surface area contributed by atoms with Gasteiger partial charge >= 0.3 is 0 Å². The van der Waals surface area contributed by atoms with Crippen LogP contribution in [0.15, 0.2) is 6.20 Å². The van der Waals surface area contributed by atoms with Crippen LogP contribution >= 0.6 is 11.3 Å². The molecule has 0 spiro atoms. The first kappa shape index (κ1) is 9.93. The van der Waals surface area contributed by atoms with Crippen LogP contribution in [0.4, 0.5) is 5.13 Å². The molecule has 0 aromatic carbocycles. The van der Waals surface area contributed by atoms with E-state index in [0.717, 1.165) is 11.6 Å². The minimum Gasteiger partial charge on any atom is -0.354 e. The molecule has 1 aliphatic rings. The second-order valence-corrected chi connectivity index (χ2v) is 5.09. The van der Waals surface area contributed by atoms with E-state index in [-0.39, 0.29) is 0 Å². The molecule has 0 amide bonds. The number of hydrogen-bond acceptors (Lipinski definition) is 4. The summed E-state index contributed by atoms with van der Waals surface area (Å²) in [5.41, 5.74) is 0. The molecule has 4 heteroatoms. The number of rotatable bonds is 3. The molecule has 0 aliphatic carbocycles. The van der Waals surface area contributed by atoms with Crippen LogP contribution in [0, 0.1) is 0 Å². The minimum absolute atomic E-state index is 0.686. The van der Waals surface area contributed by atoms with Crippen molar-refractivity contribution in [3.63, 3.8) is 0 Å². The average Bonchev–Trinajstić information content (AvgIpc) is 2.75. The number of thiazole rings is 1. The first-order valence-corrected chi connectivity index (χ1v) is 5.93. The minimum atomic E-state index is 0.686. The van der Waals surface area contributed by atoms with Gasteiger partial charge in [-0.3, -0.25) is 0 Å². The fourth-order valence-corrected chi connectivity index (χ4v) is 2.68. The number of hydrogen-bond donors (Lipinski definition) is 1. The quantitative estimate of drug-likeness (QED) is 0.821. The van der Waals surface area contributed by atoms with Crippen molar-refractivity contribution >= 4 is 16.5 Å². The molecule has 0 saturated carbocycles. The van der Waals surface area contributed by atoms with Crippen molar-refractivity contribution < 1.29 is 0 Å². The SMILES string of the molecule is CN(C)c1ncc(CC2CCCN2)s1. The molecule has 14 heavy (non-hydrogen) atoms. The van der Waals surface area contributed by atoms with Crippen molar-refractivity contribution in [3.8, 4) is 0 Å². The van der Waals surface area contributed by atoms with Crippen molar-refractivity contribution in [2.24, 2.45) is 0 Å². The van der Waals surface area contributed by atoms with Crippen LogP contribution in [0.5, 0.6) is 0 Å². The van der Waals surface area contributed by atoms with Gasteiger partial charge in [0, 0.05) is 31.2 Å². The van der Waals surface area contributed by atoms with Crippen LogP contribution in [0.1, 0.15) is 17.7 Å². The Morgan fingerprint density at radius 3 is 3.07 bits per heavy atom. The average molecular weight is 211 g/mol. The van der Waals surface area contributed by atoms with E-state index >= 15 is 0 Å². The third-order valence-corrected chi connectivity index (χ3v) is 3.72. The maximum absolute atomic E-state index is 4.37. The molecular formula is C10H17N3S. The Balaban J connectivity index is 1.95. The van der Waals surface area contributed by atoms with Crippen molar-refractivity contribution in [1.82, 2.24) is 10.3 Å². The molecule has 1 saturated heterocycles. The molecule has 1 aromatic heterocycles. The molecule has 3 nitrogen and oxygen atoms in total. The molecule has 2 heterocycles. The zero-order valence-electron chi connectivity index (χ0n) is 8.79. The highest BCUT2D eigenvalue weighted by atomic mass is 32.1. The lowest BCUT2D eigenvalue weighted by Gasteiger charge is -2.07. The van der Waals surface area contributed by atoms with Gasteiger partial charge in [-0.2, -0.15) is 0 Å². The van der Waals surface area contributed by atoms with Gasteiger partial charge in [0.2, 0.25) is 0 Å². The van der Waals surface area contributed by atoms with Gasteiger partial charge in [0.25, 0.3) is 0 Å². The van der Waals surface area contributed by atoms with Gasteiger partial charge in [-0.05, 0) is 25.8 Å². The van der Waals surface area contributed by atoms with Crippen molar-refractivity contribution in [2.75, 3.05) is 25.5 Å². The summed E-state index contributed by atoms with van der Waals surface area (Å²) in [6.45, 7) is 1.18. The van der Waals surface area contributed by atoms with Crippen molar-refractivity contribution in [2.45, 2.75) is 25.3 Å². The molecule has 1 atom stereocenters. The van der Waals surface area contributed by atoms with Crippen LogP contribution < -0.4 is 10.2 Å². The van der Waals surface area contributed by atoms with Gasteiger partial charge in [-0.1, -0.05) is 0 Å². The zero-order valence-corrected chi connectivity index (χ0v) is 9.60. The number of nitrogens with zero attached hydrogens (tertiary/aromatic N) is 2. The molecule has 78 valence electrons. The third-order valence-electron chi connectivity index (χ3n) is 2.53. The van der Waals surface area contributed by atoms with E-state index in [1.54, 1.807) is 11.3 Å². The summed E-state index contributed by atoms with van der Waals surface area (Å²) in [5.74, 6) is 0. The summed E-state index contributed by atoms with van der Waals surface area (Å²) < 4.78 is 0. The predicted octanol–water partition coefficient (Wildman–Crippen LogP) is 1.50. The summed E-state index contributed by atoms with van der Waals surface area (Å²) in [7, 11) is 4.08. The van der Waals surface area contributed by atoms with Gasteiger partial charge in [0.1, 0.15) is 0 Å². The Labute approximate surface area is 89.1 Å². The van der Waals surface area contributed by atoms with E-state index in [9.17, 15) is 0 Å². The van der Waals surface area contributed by atoms with Crippen LogP contribution in [0.25, 0.3) is 0 Å². The molecule has 1 N–H and O–H groups in total. The second-order valence-electron chi connectivity index (χ2n) is 4.00. The zero-order chi connectivity index (χ0) is 9.97. The number of anilines is 1. The summed E-state index contributed by atoms with van der Waals surface area (Å²) in [4.78, 5) is 7.84. The van der Waals surface area contributed by atoms with Crippen molar-refractivity contribution in [1.29, 1.82) is 0 Å². The van der Waals surface area contributed by atoms with Crippen LogP contribution in [-0.2, 0) is 6.42 Å².